The molecule has 1 fully saturated rings. The van der Waals surface area contributed by atoms with E-state index in [0.717, 1.165) is 30.3 Å². The van der Waals surface area contributed by atoms with Crippen LogP contribution in [0.3, 0.4) is 0 Å². The van der Waals surface area contributed by atoms with E-state index in [-0.39, 0.29) is 0 Å². The first kappa shape index (κ1) is 11.9. The number of fused-ring (bicyclic) bond motifs is 1. The second-order valence-corrected chi connectivity index (χ2v) is 6.12. The Morgan fingerprint density at radius 2 is 2.25 bits per heavy atom. The minimum Gasteiger partial charge on any atom is -0.384 e. The number of benzene rings is 1. The van der Waals surface area contributed by atoms with E-state index in [9.17, 15) is 0 Å². The van der Waals surface area contributed by atoms with Crippen LogP contribution in [0.2, 0.25) is 0 Å². The van der Waals surface area contributed by atoms with Crippen LogP contribution in [0.1, 0.15) is 43.5 Å². The highest BCUT2D eigenvalue weighted by Gasteiger charge is 2.27. The number of anilines is 1. The van der Waals surface area contributed by atoms with Crippen molar-refractivity contribution in [2.24, 2.45) is 5.92 Å². The van der Waals surface area contributed by atoms with Crippen LogP contribution in [0, 0.1) is 5.92 Å². The molecular weight excluding hydrogens is 250 g/mol. The molecule has 0 amide bonds. The fourth-order valence-electron chi connectivity index (χ4n) is 3.38. The average Bonchev–Trinajstić information content (AvgIpc) is 3.17. The Morgan fingerprint density at radius 3 is 3.10 bits per heavy atom. The Kier molecular flexibility index (Phi) is 2.76. The van der Waals surface area contributed by atoms with Gasteiger partial charge < -0.3 is 9.84 Å². The van der Waals surface area contributed by atoms with Gasteiger partial charge in [-0.1, -0.05) is 18.1 Å². The Hall–Kier alpha value is -1.84. The van der Waals surface area contributed by atoms with Gasteiger partial charge in [0, 0.05) is 23.7 Å². The van der Waals surface area contributed by atoms with E-state index in [1.165, 1.54) is 30.5 Å². The Balaban J connectivity index is 1.61. The van der Waals surface area contributed by atoms with Crippen molar-refractivity contribution in [3.8, 4) is 11.5 Å². The van der Waals surface area contributed by atoms with E-state index in [1.54, 1.807) is 0 Å². The largest absolute Gasteiger partial charge is 0.384 e. The summed E-state index contributed by atoms with van der Waals surface area (Å²) in [4.78, 5) is 4.62. The normalized spacial score (nSPS) is 24.6. The quantitative estimate of drug-likeness (QED) is 0.905. The van der Waals surface area contributed by atoms with Crippen LogP contribution in [-0.4, -0.2) is 16.7 Å². The van der Waals surface area contributed by atoms with Crippen molar-refractivity contribution in [2.75, 3.05) is 11.9 Å². The van der Waals surface area contributed by atoms with Gasteiger partial charge in [0.05, 0.1) is 0 Å². The summed E-state index contributed by atoms with van der Waals surface area (Å²) in [5, 5.41) is 7.58. The number of nitrogens with zero attached hydrogens (tertiary/aromatic N) is 2. The summed E-state index contributed by atoms with van der Waals surface area (Å²) in [7, 11) is 0. The van der Waals surface area contributed by atoms with Crippen molar-refractivity contribution >= 4 is 5.69 Å². The van der Waals surface area contributed by atoms with Gasteiger partial charge in [0.2, 0.25) is 0 Å². The Bertz CT molecular complexity index is 634. The molecular formula is C16H19N3O. The van der Waals surface area contributed by atoms with Crippen LogP contribution in [0.25, 0.3) is 11.5 Å². The summed E-state index contributed by atoms with van der Waals surface area (Å²) < 4.78 is 5.47. The summed E-state index contributed by atoms with van der Waals surface area (Å²) in [6, 6.07) is 6.36. The van der Waals surface area contributed by atoms with Crippen molar-refractivity contribution in [2.45, 2.75) is 38.5 Å². The average molecular weight is 269 g/mol. The zero-order valence-corrected chi connectivity index (χ0v) is 11.7. The third-order valence-corrected chi connectivity index (χ3v) is 4.57. The van der Waals surface area contributed by atoms with Gasteiger partial charge in [-0.25, -0.2) is 0 Å². The van der Waals surface area contributed by atoms with E-state index < -0.39 is 0 Å². The lowest BCUT2D eigenvalue weighted by Gasteiger charge is -2.02. The van der Waals surface area contributed by atoms with Crippen molar-refractivity contribution < 1.29 is 4.52 Å². The first-order chi connectivity index (χ1) is 9.79. The molecule has 2 atom stereocenters. The molecule has 1 aliphatic carbocycles. The van der Waals surface area contributed by atoms with Crippen LogP contribution in [0.15, 0.2) is 22.7 Å². The third kappa shape index (κ3) is 1.99. The molecule has 2 aliphatic rings. The molecule has 0 radical (unpaired) electrons. The molecule has 0 bridgehead atoms. The molecule has 1 saturated carbocycles. The maximum Gasteiger partial charge on any atom is 0.258 e. The first-order valence-electron chi connectivity index (χ1n) is 7.50. The highest BCUT2D eigenvalue weighted by molar-refractivity contribution is 5.66. The van der Waals surface area contributed by atoms with Crippen molar-refractivity contribution in [1.82, 2.24) is 10.1 Å². The molecule has 1 aliphatic heterocycles. The predicted molar refractivity (Wildman–Crippen MR) is 77.7 cm³/mol. The monoisotopic (exact) mass is 269 g/mol. The lowest BCUT2D eigenvalue weighted by Crippen LogP contribution is -1.96. The van der Waals surface area contributed by atoms with Crippen molar-refractivity contribution in [3.63, 3.8) is 0 Å². The fraction of sp³-hybridized carbons (Fsp3) is 0.500. The number of hydrogen-bond donors (Lipinski definition) is 1. The summed E-state index contributed by atoms with van der Waals surface area (Å²) in [6.45, 7) is 3.32. The second kappa shape index (κ2) is 4.62. The molecule has 20 heavy (non-hydrogen) atoms. The topological polar surface area (TPSA) is 51.0 Å². The minimum atomic E-state index is 0.482. The number of rotatable bonds is 2. The van der Waals surface area contributed by atoms with E-state index in [4.69, 9.17) is 4.52 Å². The molecule has 2 unspecified atom stereocenters. The molecule has 4 heteroatoms. The van der Waals surface area contributed by atoms with E-state index in [1.807, 2.05) is 0 Å². The summed E-state index contributed by atoms with van der Waals surface area (Å²) in [5.41, 5.74) is 3.60. The van der Waals surface area contributed by atoms with E-state index in [0.29, 0.717) is 11.8 Å². The summed E-state index contributed by atoms with van der Waals surface area (Å²) >= 11 is 0. The highest BCUT2D eigenvalue weighted by atomic mass is 16.5. The molecule has 4 rings (SSSR count). The van der Waals surface area contributed by atoms with Crippen LogP contribution in [0.5, 0.6) is 0 Å². The van der Waals surface area contributed by atoms with Gasteiger partial charge >= 0.3 is 0 Å². The molecule has 0 saturated heterocycles. The first-order valence-corrected chi connectivity index (χ1v) is 7.50. The minimum absolute atomic E-state index is 0.482. The maximum atomic E-state index is 5.47. The number of hydrogen-bond acceptors (Lipinski definition) is 4. The fourth-order valence-corrected chi connectivity index (χ4v) is 3.38. The van der Waals surface area contributed by atoms with Gasteiger partial charge in [0.25, 0.3) is 5.89 Å². The van der Waals surface area contributed by atoms with E-state index in [2.05, 4.69) is 40.6 Å². The van der Waals surface area contributed by atoms with Gasteiger partial charge in [-0.15, -0.1) is 0 Å². The Morgan fingerprint density at radius 1 is 1.30 bits per heavy atom. The summed E-state index contributed by atoms with van der Waals surface area (Å²) in [5.74, 6) is 2.80. The zero-order chi connectivity index (χ0) is 13.5. The number of aromatic nitrogens is 2. The predicted octanol–water partition coefficient (Wildman–Crippen LogP) is 3.61. The van der Waals surface area contributed by atoms with Gasteiger partial charge in [0.1, 0.15) is 0 Å². The molecule has 1 N–H and O–H groups in total. The lowest BCUT2D eigenvalue weighted by molar-refractivity contribution is 0.414. The van der Waals surface area contributed by atoms with Gasteiger partial charge in [0.15, 0.2) is 5.82 Å². The molecule has 104 valence electrons. The van der Waals surface area contributed by atoms with Crippen LogP contribution >= 0.6 is 0 Å². The van der Waals surface area contributed by atoms with Crippen LogP contribution < -0.4 is 5.32 Å². The van der Waals surface area contributed by atoms with Crippen LogP contribution in [0.4, 0.5) is 5.69 Å². The molecule has 2 heterocycles. The van der Waals surface area contributed by atoms with Crippen molar-refractivity contribution in [3.05, 3.63) is 29.6 Å². The van der Waals surface area contributed by atoms with Gasteiger partial charge in [-0.05, 0) is 49.3 Å². The maximum absolute atomic E-state index is 5.47. The Labute approximate surface area is 118 Å². The van der Waals surface area contributed by atoms with Gasteiger partial charge in [-0.2, -0.15) is 4.98 Å². The molecule has 2 aromatic rings. The third-order valence-electron chi connectivity index (χ3n) is 4.57. The molecule has 1 aromatic heterocycles. The van der Waals surface area contributed by atoms with Gasteiger partial charge in [-0.3, -0.25) is 0 Å². The number of nitrogens with one attached hydrogen (secondary N) is 1. The standard InChI is InChI=1S/C16H19N3O/c1-10-2-3-12(8-10)15-18-16(20-19-15)13-5-4-11-6-7-17-14(11)9-13/h4-5,9-10,12,17H,2-3,6-8H2,1H3. The smallest absolute Gasteiger partial charge is 0.258 e. The highest BCUT2D eigenvalue weighted by Crippen LogP contribution is 2.37. The summed E-state index contributed by atoms with van der Waals surface area (Å²) in [6.07, 6.45) is 4.75. The van der Waals surface area contributed by atoms with E-state index >= 15 is 0 Å². The SMILES string of the molecule is CC1CCC(c2noc(-c3ccc4c(c3)NCC4)n2)C1. The molecule has 4 nitrogen and oxygen atoms in total. The van der Waals surface area contributed by atoms with Crippen molar-refractivity contribution in [1.29, 1.82) is 0 Å². The molecule has 1 aromatic carbocycles. The lowest BCUT2D eigenvalue weighted by atomic mass is 10.1. The van der Waals surface area contributed by atoms with Crippen LogP contribution in [-0.2, 0) is 6.42 Å². The second-order valence-electron chi connectivity index (χ2n) is 6.12. The molecule has 0 spiro atoms. The zero-order valence-electron chi connectivity index (χ0n) is 11.7.